The standard InChI is InChI=1S/C24H38ClFN2O3/c1-30-13-3-2-11-24(29,21-9-4-10-22(25)23(21)26)18-7-5-12-28(17-18)19(16-27)15-20-8-6-14-31-20/h4,9-10,18-20,29H,2-3,5-8,11-17,27H2,1H3/t18-,19+,20?,24+/m1/s1. The molecule has 0 radical (unpaired) electrons. The van der Waals surface area contributed by atoms with Crippen LogP contribution in [0.15, 0.2) is 18.2 Å². The molecule has 0 aromatic heterocycles. The van der Waals surface area contributed by atoms with Crippen molar-refractivity contribution in [3.05, 3.63) is 34.6 Å². The van der Waals surface area contributed by atoms with Gasteiger partial charge in [0.1, 0.15) is 5.82 Å². The van der Waals surface area contributed by atoms with Crippen LogP contribution in [0.25, 0.3) is 0 Å². The minimum atomic E-state index is -1.27. The zero-order chi connectivity index (χ0) is 22.3. The average molecular weight is 457 g/mol. The number of piperidine rings is 1. The van der Waals surface area contributed by atoms with E-state index in [4.69, 9.17) is 26.8 Å². The Hall–Kier alpha value is -0.760. The number of methoxy groups -OCH3 is 1. The number of nitrogens with zero attached hydrogens (tertiary/aromatic N) is 1. The Kier molecular flexibility index (Phi) is 9.56. The fourth-order valence-electron chi connectivity index (χ4n) is 5.29. The molecule has 0 bridgehead atoms. The number of benzene rings is 1. The minimum absolute atomic E-state index is 0.0544. The summed E-state index contributed by atoms with van der Waals surface area (Å²) in [5.74, 6) is -0.597. The molecule has 7 heteroatoms. The molecule has 3 rings (SSSR count). The molecule has 2 heterocycles. The Morgan fingerprint density at radius 3 is 2.90 bits per heavy atom. The van der Waals surface area contributed by atoms with E-state index in [0.29, 0.717) is 31.7 Å². The zero-order valence-electron chi connectivity index (χ0n) is 18.7. The van der Waals surface area contributed by atoms with Crippen LogP contribution in [-0.2, 0) is 15.1 Å². The maximum atomic E-state index is 15.1. The highest BCUT2D eigenvalue weighted by Crippen LogP contribution is 2.42. The third-order valence-electron chi connectivity index (χ3n) is 7.05. The molecule has 4 atom stereocenters. The number of likely N-dealkylation sites (tertiary alicyclic amines) is 1. The summed E-state index contributed by atoms with van der Waals surface area (Å²) in [6, 6.07) is 5.16. The van der Waals surface area contributed by atoms with Crippen LogP contribution in [0.5, 0.6) is 0 Å². The van der Waals surface area contributed by atoms with E-state index in [1.54, 1.807) is 19.2 Å². The Bertz CT molecular complexity index is 689. The normalized spacial score (nSPS) is 25.5. The number of nitrogens with two attached hydrogens (primary N) is 1. The summed E-state index contributed by atoms with van der Waals surface area (Å²) in [4.78, 5) is 2.39. The van der Waals surface area contributed by atoms with E-state index in [-0.39, 0.29) is 23.1 Å². The van der Waals surface area contributed by atoms with Crippen molar-refractivity contribution in [2.75, 3.05) is 40.0 Å². The van der Waals surface area contributed by atoms with Gasteiger partial charge < -0.3 is 20.3 Å². The lowest BCUT2D eigenvalue weighted by Crippen LogP contribution is -2.52. The quantitative estimate of drug-likeness (QED) is 0.491. The lowest BCUT2D eigenvalue weighted by Gasteiger charge is -2.45. The van der Waals surface area contributed by atoms with Crippen LogP contribution in [-0.4, -0.2) is 62.1 Å². The molecule has 1 aromatic carbocycles. The lowest BCUT2D eigenvalue weighted by atomic mass is 9.73. The van der Waals surface area contributed by atoms with E-state index in [1.807, 2.05) is 0 Å². The van der Waals surface area contributed by atoms with Crippen molar-refractivity contribution < 1.29 is 19.0 Å². The number of hydrogen-bond donors (Lipinski definition) is 2. The summed E-state index contributed by atoms with van der Waals surface area (Å²) in [7, 11) is 1.67. The topological polar surface area (TPSA) is 68.0 Å². The van der Waals surface area contributed by atoms with E-state index in [2.05, 4.69) is 4.90 Å². The monoisotopic (exact) mass is 456 g/mol. The first-order valence-corrected chi connectivity index (χ1v) is 12.1. The van der Waals surface area contributed by atoms with E-state index in [0.717, 1.165) is 58.1 Å². The molecule has 2 saturated heterocycles. The van der Waals surface area contributed by atoms with Gasteiger partial charge in [0.2, 0.25) is 0 Å². The van der Waals surface area contributed by atoms with Gasteiger partial charge in [-0.3, -0.25) is 4.90 Å². The molecular formula is C24H38ClFN2O3. The van der Waals surface area contributed by atoms with Crippen LogP contribution in [0.2, 0.25) is 5.02 Å². The SMILES string of the molecule is COCCCC[C@@](O)(c1cccc(Cl)c1F)[C@@H]1CCCN([C@H](CN)CC2CCCO2)C1. The second-order valence-electron chi connectivity index (χ2n) is 9.07. The van der Waals surface area contributed by atoms with Gasteiger partial charge in [0.25, 0.3) is 0 Å². The molecule has 1 aromatic rings. The second kappa shape index (κ2) is 11.9. The summed E-state index contributed by atoms with van der Waals surface area (Å²) in [5.41, 5.74) is 5.19. The van der Waals surface area contributed by atoms with Gasteiger partial charge in [0.15, 0.2) is 0 Å². The number of hydrogen-bond acceptors (Lipinski definition) is 5. The van der Waals surface area contributed by atoms with Gasteiger partial charge in [-0.25, -0.2) is 4.39 Å². The highest BCUT2D eigenvalue weighted by molar-refractivity contribution is 6.30. The van der Waals surface area contributed by atoms with E-state index < -0.39 is 11.4 Å². The average Bonchev–Trinajstić information content (AvgIpc) is 3.30. The Morgan fingerprint density at radius 2 is 2.19 bits per heavy atom. The third kappa shape index (κ3) is 6.18. The molecule has 176 valence electrons. The summed E-state index contributed by atoms with van der Waals surface area (Å²) in [6.07, 6.45) is 7.24. The first-order chi connectivity index (χ1) is 15.0. The summed E-state index contributed by atoms with van der Waals surface area (Å²) >= 11 is 6.09. The zero-order valence-corrected chi connectivity index (χ0v) is 19.5. The third-order valence-corrected chi connectivity index (χ3v) is 7.34. The lowest BCUT2D eigenvalue weighted by molar-refractivity contribution is -0.0719. The fraction of sp³-hybridized carbons (Fsp3) is 0.750. The molecule has 0 spiro atoms. The van der Waals surface area contributed by atoms with E-state index in [1.165, 1.54) is 6.07 Å². The molecule has 2 aliphatic rings. The van der Waals surface area contributed by atoms with Crippen LogP contribution in [0.3, 0.4) is 0 Å². The second-order valence-corrected chi connectivity index (χ2v) is 9.48. The number of rotatable bonds is 11. The summed E-state index contributed by atoms with van der Waals surface area (Å²) < 4.78 is 26.1. The van der Waals surface area contributed by atoms with Crippen LogP contribution in [0, 0.1) is 11.7 Å². The number of halogens is 2. The van der Waals surface area contributed by atoms with Crippen molar-refractivity contribution in [1.29, 1.82) is 0 Å². The van der Waals surface area contributed by atoms with Gasteiger partial charge in [0, 0.05) is 50.9 Å². The first kappa shape index (κ1) is 24.9. The predicted molar refractivity (Wildman–Crippen MR) is 122 cm³/mol. The van der Waals surface area contributed by atoms with Crippen molar-refractivity contribution >= 4 is 11.6 Å². The molecule has 0 aliphatic carbocycles. The molecule has 2 aliphatic heterocycles. The molecule has 1 unspecified atom stereocenters. The van der Waals surface area contributed by atoms with Crippen LogP contribution < -0.4 is 5.73 Å². The van der Waals surface area contributed by atoms with Crippen LogP contribution in [0.1, 0.15) is 56.9 Å². The van der Waals surface area contributed by atoms with Gasteiger partial charge in [-0.05, 0) is 64.0 Å². The summed E-state index contributed by atoms with van der Waals surface area (Å²) in [6.45, 7) is 3.66. The van der Waals surface area contributed by atoms with Gasteiger partial charge in [0.05, 0.1) is 16.7 Å². The minimum Gasteiger partial charge on any atom is -0.385 e. The van der Waals surface area contributed by atoms with E-state index in [9.17, 15) is 5.11 Å². The largest absolute Gasteiger partial charge is 0.385 e. The Morgan fingerprint density at radius 1 is 1.35 bits per heavy atom. The molecule has 3 N–H and O–H groups in total. The first-order valence-electron chi connectivity index (χ1n) is 11.7. The maximum absolute atomic E-state index is 15.1. The predicted octanol–water partition coefficient (Wildman–Crippen LogP) is 4.09. The molecule has 0 saturated carbocycles. The number of unbranched alkanes of at least 4 members (excludes halogenated alkanes) is 1. The highest BCUT2D eigenvalue weighted by Gasteiger charge is 2.43. The van der Waals surface area contributed by atoms with Gasteiger partial charge in [-0.2, -0.15) is 0 Å². The molecule has 2 fully saturated rings. The Labute approximate surface area is 191 Å². The molecule has 31 heavy (non-hydrogen) atoms. The van der Waals surface area contributed by atoms with Crippen molar-refractivity contribution in [3.63, 3.8) is 0 Å². The Balaban J connectivity index is 1.79. The van der Waals surface area contributed by atoms with Crippen molar-refractivity contribution in [2.24, 2.45) is 11.7 Å². The van der Waals surface area contributed by atoms with Crippen molar-refractivity contribution in [3.8, 4) is 0 Å². The van der Waals surface area contributed by atoms with Crippen LogP contribution >= 0.6 is 11.6 Å². The molecule has 0 amide bonds. The molecule has 5 nitrogen and oxygen atoms in total. The van der Waals surface area contributed by atoms with Gasteiger partial charge >= 0.3 is 0 Å². The van der Waals surface area contributed by atoms with Crippen molar-refractivity contribution in [2.45, 2.75) is 69.1 Å². The molecular weight excluding hydrogens is 419 g/mol. The number of aliphatic hydroxyl groups is 1. The highest BCUT2D eigenvalue weighted by atomic mass is 35.5. The van der Waals surface area contributed by atoms with Crippen LogP contribution in [0.4, 0.5) is 4.39 Å². The summed E-state index contributed by atoms with van der Waals surface area (Å²) in [5, 5.41) is 12.0. The smallest absolute Gasteiger partial charge is 0.147 e. The van der Waals surface area contributed by atoms with E-state index >= 15 is 4.39 Å². The fourth-order valence-corrected chi connectivity index (χ4v) is 5.47. The van der Waals surface area contributed by atoms with Crippen molar-refractivity contribution in [1.82, 2.24) is 4.90 Å². The van der Waals surface area contributed by atoms with Gasteiger partial charge in [-0.15, -0.1) is 0 Å². The number of ether oxygens (including phenoxy) is 2. The van der Waals surface area contributed by atoms with Gasteiger partial charge in [-0.1, -0.05) is 23.7 Å². The maximum Gasteiger partial charge on any atom is 0.147 e.